The number of benzene rings is 2. The first-order chi connectivity index (χ1) is 9.16. The second kappa shape index (κ2) is 4.31. The maximum absolute atomic E-state index is 12.0. The van der Waals surface area contributed by atoms with Crippen LogP contribution in [-0.2, 0) is 6.54 Å². The Morgan fingerprint density at radius 1 is 1.16 bits per heavy atom. The Morgan fingerprint density at radius 3 is 2.74 bits per heavy atom. The van der Waals surface area contributed by atoms with Gasteiger partial charge in [-0.3, -0.25) is 4.57 Å². The third kappa shape index (κ3) is 1.91. The lowest BCUT2D eigenvalue weighted by Gasteiger charge is -2.06. The Kier molecular flexibility index (Phi) is 2.63. The molecule has 1 aromatic heterocycles. The minimum atomic E-state index is -0.160. The molecule has 0 spiro atoms. The monoisotopic (exact) mass is 254 g/mol. The van der Waals surface area contributed by atoms with Crippen LogP contribution in [-0.4, -0.2) is 14.7 Å². The molecule has 0 aliphatic carbocycles. The fourth-order valence-electron chi connectivity index (χ4n) is 2.30. The van der Waals surface area contributed by atoms with Crippen molar-refractivity contribution in [1.29, 1.82) is 0 Å². The summed E-state index contributed by atoms with van der Waals surface area (Å²) >= 11 is 0. The number of phenolic OH excluding ortho intramolecular Hbond substituents is 1. The molecule has 0 amide bonds. The van der Waals surface area contributed by atoms with Gasteiger partial charge in [0.05, 0.1) is 17.6 Å². The van der Waals surface area contributed by atoms with Crippen LogP contribution in [0.2, 0.25) is 0 Å². The lowest BCUT2D eigenvalue weighted by atomic mass is 10.2. The number of H-pyrrole nitrogens is 1. The molecular formula is C15H14N2O2. The average molecular weight is 254 g/mol. The van der Waals surface area contributed by atoms with Gasteiger partial charge in [-0.15, -0.1) is 0 Å². The number of imidazole rings is 1. The molecule has 3 rings (SSSR count). The molecule has 0 fully saturated rings. The van der Waals surface area contributed by atoms with Crippen molar-refractivity contribution in [3.8, 4) is 5.75 Å². The fourth-order valence-corrected chi connectivity index (χ4v) is 2.30. The number of aromatic amines is 1. The van der Waals surface area contributed by atoms with Crippen molar-refractivity contribution in [2.45, 2.75) is 13.5 Å². The van der Waals surface area contributed by atoms with Gasteiger partial charge >= 0.3 is 5.69 Å². The number of phenols is 1. The summed E-state index contributed by atoms with van der Waals surface area (Å²) in [4.78, 5) is 14.9. The molecule has 0 bridgehead atoms. The molecule has 3 aromatic rings. The first kappa shape index (κ1) is 11.6. The zero-order chi connectivity index (χ0) is 13.4. The number of hydrogen-bond donors (Lipinski definition) is 2. The van der Waals surface area contributed by atoms with E-state index in [9.17, 15) is 9.90 Å². The third-order valence-electron chi connectivity index (χ3n) is 3.34. The SMILES string of the molecule is Cc1cccc2c1[nH]c(=O)n2Cc1ccccc1O. The van der Waals surface area contributed by atoms with Crippen LogP contribution in [0, 0.1) is 6.92 Å². The van der Waals surface area contributed by atoms with E-state index in [1.807, 2.05) is 37.3 Å². The highest BCUT2D eigenvalue weighted by molar-refractivity contribution is 5.78. The van der Waals surface area contributed by atoms with Crippen LogP contribution in [0.5, 0.6) is 5.75 Å². The predicted molar refractivity (Wildman–Crippen MR) is 74.5 cm³/mol. The molecule has 4 nitrogen and oxygen atoms in total. The van der Waals surface area contributed by atoms with Gasteiger partial charge in [0.25, 0.3) is 0 Å². The van der Waals surface area contributed by atoms with Crippen molar-refractivity contribution in [1.82, 2.24) is 9.55 Å². The zero-order valence-electron chi connectivity index (χ0n) is 10.6. The summed E-state index contributed by atoms with van der Waals surface area (Å²) in [5.41, 5.74) is 3.31. The van der Waals surface area contributed by atoms with Gasteiger partial charge in [0.15, 0.2) is 0 Å². The zero-order valence-corrected chi connectivity index (χ0v) is 10.6. The first-order valence-corrected chi connectivity index (χ1v) is 6.12. The van der Waals surface area contributed by atoms with Crippen LogP contribution in [0.25, 0.3) is 11.0 Å². The molecule has 0 radical (unpaired) electrons. The van der Waals surface area contributed by atoms with Gasteiger partial charge in [0, 0.05) is 5.56 Å². The molecular weight excluding hydrogens is 240 g/mol. The highest BCUT2D eigenvalue weighted by Gasteiger charge is 2.10. The molecule has 1 heterocycles. The normalized spacial score (nSPS) is 11.0. The predicted octanol–water partition coefficient (Wildman–Crippen LogP) is 2.39. The molecule has 96 valence electrons. The summed E-state index contributed by atoms with van der Waals surface area (Å²) in [6.07, 6.45) is 0. The first-order valence-electron chi connectivity index (χ1n) is 6.12. The van der Waals surface area contributed by atoms with E-state index in [0.717, 1.165) is 22.2 Å². The molecule has 4 heteroatoms. The minimum absolute atomic E-state index is 0.160. The van der Waals surface area contributed by atoms with Gasteiger partial charge in [0.1, 0.15) is 5.75 Å². The molecule has 19 heavy (non-hydrogen) atoms. The topological polar surface area (TPSA) is 58.0 Å². The summed E-state index contributed by atoms with van der Waals surface area (Å²) in [6.45, 7) is 2.32. The largest absolute Gasteiger partial charge is 0.508 e. The summed E-state index contributed by atoms with van der Waals surface area (Å²) in [7, 11) is 0. The molecule has 0 saturated carbocycles. The lowest BCUT2D eigenvalue weighted by molar-refractivity contribution is 0.466. The molecule has 2 aromatic carbocycles. The number of rotatable bonds is 2. The molecule has 2 N–H and O–H groups in total. The Bertz CT molecular complexity index is 799. The van der Waals surface area contributed by atoms with Crippen LogP contribution in [0.3, 0.4) is 0 Å². The van der Waals surface area contributed by atoms with Crippen molar-refractivity contribution < 1.29 is 5.11 Å². The fraction of sp³-hybridized carbons (Fsp3) is 0.133. The second-order valence-corrected chi connectivity index (χ2v) is 4.61. The number of aromatic hydroxyl groups is 1. The number of fused-ring (bicyclic) bond motifs is 1. The Hall–Kier alpha value is -2.49. The molecule has 0 aliphatic heterocycles. The Labute approximate surface area is 109 Å². The van der Waals surface area contributed by atoms with Gasteiger partial charge in [-0.05, 0) is 24.6 Å². The number of aryl methyl sites for hydroxylation is 1. The smallest absolute Gasteiger partial charge is 0.326 e. The molecule has 0 saturated heterocycles. The lowest BCUT2D eigenvalue weighted by Crippen LogP contribution is -2.17. The van der Waals surface area contributed by atoms with E-state index in [-0.39, 0.29) is 11.4 Å². The summed E-state index contributed by atoms with van der Waals surface area (Å²) in [5.74, 6) is 0.205. The van der Waals surface area contributed by atoms with Crippen molar-refractivity contribution in [2.75, 3.05) is 0 Å². The second-order valence-electron chi connectivity index (χ2n) is 4.61. The van der Waals surface area contributed by atoms with Gasteiger partial charge in [0.2, 0.25) is 0 Å². The number of para-hydroxylation sites is 2. The van der Waals surface area contributed by atoms with Crippen LogP contribution in [0.1, 0.15) is 11.1 Å². The van der Waals surface area contributed by atoms with E-state index >= 15 is 0 Å². The van der Waals surface area contributed by atoms with E-state index in [0.29, 0.717) is 6.54 Å². The van der Waals surface area contributed by atoms with Crippen molar-refractivity contribution in [2.24, 2.45) is 0 Å². The minimum Gasteiger partial charge on any atom is -0.508 e. The van der Waals surface area contributed by atoms with Crippen molar-refractivity contribution in [3.05, 3.63) is 64.1 Å². The van der Waals surface area contributed by atoms with Crippen molar-refractivity contribution >= 4 is 11.0 Å². The number of aromatic nitrogens is 2. The highest BCUT2D eigenvalue weighted by Crippen LogP contribution is 2.19. The van der Waals surface area contributed by atoms with E-state index in [4.69, 9.17) is 0 Å². The van der Waals surface area contributed by atoms with Gasteiger partial charge in [-0.1, -0.05) is 30.3 Å². The third-order valence-corrected chi connectivity index (χ3v) is 3.34. The van der Waals surface area contributed by atoms with Gasteiger partial charge in [-0.2, -0.15) is 0 Å². The summed E-state index contributed by atoms with van der Waals surface area (Å²) in [6, 6.07) is 12.8. The molecule has 0 unspecified atom stereocenters. The van der Waals surface area contributed by atoms with E-state index < -0.39 is 0 Å². The quantitative estimate of drug-likeness (QED) is 0.737. The number of nitrogens with one attached hydrogen (secondary N) is 1. The number of hydrogen-bond acceptors (Lipinski definition) is 2. The van der Waals surface area contributed by atoms with E-state index in [1.165, 1.54) is 0 Å². The van der Waals surface area contributed by atoms with E-state index in [2.05, 4.69) is 4.98 Å². The van der Waals surface area contributed by atoms with Crippen LogP contribution < -0.4 is 5.69 Å². The maximum Gasteiger partial charge on any atom is 0.326 e. The Morgan fingerprint density at radius 2 is 1.95 bits per heavy atom. The molecule has 0 aliphatic rings. The van der Waals surface area contributed by atoms with Crippen molar-refractivity contribution in [3.63, 3.8) is 0 Å². The standard InChI is InChI=1S/C15H14N2O2/c1-10-5-4-7-12-14(10)16-15(19)17(12)9-11-6-2-3-8-13(11)18/h2-8,18H,9H2,1H3,(H,16,19). The highest BCUT2D eigenvalue weighted by atomic mass is 16.3. The summed E-state index contributed by atoms with van der Waals surface area (Å²) < 4.78 is 1.64. The van der Waals surface area contributed by atoms with E-state index in [1.54, 1.807) is 16.7 Å². The van der Waals surface area contributed by atoms with Crippen LogP contribution in [0.4, 0.5) is 0 Å². The maximum atomic E-state index is 12.0. The van der Waals surface area contributed by atoms with Crippen LogP contribution in [0.15, 0.2) is 47.3 Å². The average Bonchev–Trinajstić information content (AvgIpc) is 2.71. The molecule has 0 atom stereocenters. The van der Waals surface area contributed by atoms with Crippen LogP contribution >= 0.6 is 0 Å². The van der Waals surface area contributed by atoms with Gasteiger partial charge in [-0.25, -0.2) is 4.79 Å². The van der Waals surface area contributed by atoms with Gasteiger partial charge < -0.3 is 10.1 Å². The Balaban J connectivity index is 2.16. The number of nitrogens with zero attached hydrogens (tertiary/aromatic N) is 1. The summed E-state index contributed by atoms with van der Waals surface area (Å²) in [5, 5.41) is 9.80.